The Labute approximate surface area is 179 Å². The first kappa shape index (κ1) is 21.2. The molecule has 1 N–H and O–H groups in total. The van der Waals surface area contributed by atoms with Crippen molar-refractivity contribution in [2.75, 3.05) is 25.0 Å². The van der Waals surface area contributed by atoms with E-state index in [1.54, 1.807) is 29.2 Å². The molecule has 2 heterocycles. The van der Waals surface area contributed by atoms with Crippen LogP contribution in [0.2, 0.25) is 0 Å². The van der Waals surface area contributed by atoms with Gasteiger partial charge in [0.15, 0.2) is 0 Å². The van der Waals surface area contributed by atoms with Crippen LogP contribution in [-0.2, 0) is 17.4 Å². The maximum absolute atomic E-state index is 13.2. The number of hydrogen-bond donors (Lipinski definition) is 1. The van der Waals surface area contributed by atoms with Crippen molar-refractivity contribution in [3.05, 3.63) is 71.9 Å². The second-order valence-electron chi connectivity index (χ2n) is 7.94. The minimum absolute atomic E-state index is 0.0812. The Bertz CT molecular complexity index is 1040. The average Bonchev–Trinajstić information content (AvgIpc) is 2.77. The van der Waals surface area contributed by atoms with Gasteiger partial charge in [-0.1, -0.05) is 54.6 Å². The van der Waals surface area contributed by atoms with E-state index in [-0.39, 0.29) is 18.3 Å². The Morgan fingerprint density at radius 1 is 1.03 bits per heavy atom. The summed E-state index contributed by atoms with van der Waals surface area (Å²) in [6.45, 7) is 1.24. The molecule has 1 saturated heterocycles. The molecule has 1 aliphatic rings. The van der Waals surface area contributed by atoms with E-state index in [9.17, 15) is 18.0 Å². The smallest absolute Gasteiger partial charge is 0.360 e. The molecule has 1 fully saturated rings. The molecule has 4 rings (SSSR count). The summed E-state index contributed by atoms with van der Waals surface area (Å²) >= 11 is 0. The van der Waals surface area contributed by atoms with Crippen molar-refractivity contribution >= 4 is 22.5 Å². The minimum Gasteiger partial charge on any atom is -0.360 e. The highest BCUT2D eigenvalue weighted by Crippen LogP contribution is 2.32. The summed E-state index contributed by atoms with van der Waals surface area (Å²) in [5.41, 5.74) is 0.333. The fourth-order valence-electron chi connectivity index (χ4n) is 4.08. The zero-order valence-corrected chi connectivity index (χ0v) is 17.0. The highest BCUT2D eigenvalue weighted by molar-refractivity contribution is 5.93. The van der Waals surface area contributed by atoms with Crippen LogP contribution >= 0.6 is 0 Å². The first-order chi connectivity index (χ1) is 14.9. The molecule has 0 radical (unpaired) electrons. The molecule has 3 aromatic rings. The van der Waals surface area contributed by atoms with Crippen molar-refractivity contribution in [1.82, 2.24) is 9.88 Å². The molecule has 4 nitrogen and oxygen atoms in total. The van der Waals surface area contributed by atoms with E-state index in [2.05, 4.69) is 22.4 Å². The number of likely N-dealkylation sites (tertiary alicyclic amines) is 1. The van der Waals surface area contributed by atoms with Crippen molar-refractivity contribution in [2.45, 2.75) is 25.4 Å². The Balaban J connectivity index is 1.37. The molecule has 7 heteroatoms. The Kier molecular flexibility index (Phi) is 6.11. The number of rotatable bonds is 5. The molecule has 2 aromatic carbocycles. The number of fused-ring (bicyclic) bond motifs is 1. The van der Waals surface area contributed by atoms with Gasteiger partial charge in [0.25, 0.3) is 0 Å². The third-order valence-corrected chi connectivity index (χ3v) is 5.77. The minimum atomic E-state index is -4.55. The molecule has 0 spiro atoms. The number of anilines is 1. The van der Waals surface area contributed by atoms with Gasteiger partial charge in [0.1, 0.15) is 11.5 Å². The van der Waals surface area contributed by atoms with Crippen LogP contribution < -0.4 is 5.32 Å². The number of benzene rings is 2. The van der Waals surface area contributed by atoms with Crippen molar-refractivity contribution in [2.24, 2.45) is 5.92 Å². The van der Waals surface area contributed by atoms with Gasteiger partial charge in [0.05, 0.1) is 6.54 Å². The van der Waals surface area contributed by atoms with E-state index in [0.29, 0.717) is 29.8 Å². The van der Waals surface area contributed by atoms with Crippen LogP contribution in [-0.4, -0.2) is 35.4 Å². The van der Waals surface area contributed by atoms with Crippen molar-refractivity contribution in [1.29, 1.82) is 0 Å². The normalized spacial score (nSPS) is 15.3. The van der Waals surface area contributed by atoms with Gasteiger partial charge in [-0.3, -0.25) is 4.79 Å². The van der Waals surface area contributed by atoms with Crippen molar-refractivity contribution in [3.63, 3.8) is 0 Å². The molecule has 31 heavy (non-hydrogen) atoms. The van der Waals surface area contributed by atoms with E-state index in [0.717, 1.165) is 25.3 Å². The van der Waals surface area contributed by atoms with Crippen LogP contribution in [0, 0.1) is 5.92 Å². The van der Waals surface area contributed by atoms with Crippen molar-refractivity contribution in [3.8, 4) is 0 Å². The maximum atomic E-state index is 13.2. The number of nitrogens with one attached hydrogen (secondary N) is 1. The highest BCUT2D eigenvalue weighted by atomic mass is 19.4. The van der Waals surface area contributed by atoms with Crippen LogP contribution in [0.5, 0.6) is 0 Å². The van der Waals surface area contributed by atoms with Crippen LogP contribution in [0.3, 0.4) is 0 Å². The first-order valence-electron chi connectivity index (χ1n) is 10.4. The van der Waals surface area contributed by atoms with Gasteiger partial charge in [-0.25, -0.2) is 4.98 Å². The fraction of sp³-hybridized carbons (Fsp3) is 0.333. The standard InChI is InChI=1S/C24H24F3N3O/c25-24(26,27)21-15-19-8-4-5-9-20(19)23(29-21)28-16-22(31)30-12-10-18(11-13-30)14-17-6-2-1-3-7-17/h1-9,15,18H,10-14,16H2,(H,28,29). The van der Waals surface area contributed by atoms with E-state index in [1.165, 1.54) is 5.56 Å². The molecular formula is C24H24F3N3O. The summed E-state index contributed by atoms with van der Waals surface area (Å²) in [5, 5.41) is 3.84. The van der Waals surface area contributed by atoms with E-state index >= 15 is 0 Å². The number of alkyl halides is 3. The maximum Gasteiger partial charge on any atom is 0.433 e. The lowest BCUT2D eigenvalue weighted by molar-refractivity contribution is -0.141. The Morgan fingerprint density at radius 2 is 1.71 bits per heavy atom. The van der Waals surface area contributed by atoms with Gasteiger partial charge in [-0.15, -0.1) is 0 Å². The zero-order valence-electron chi connectivity index (χ0n) is 17.0. The number of amides is 1. The van der Waals surface area contributed by atoms with Gasteiger partial charge in [-0.05, 0) is 42.2 Å². The second kappa shape index (κ2) is 8.96. The molecule has 1 aliphatic heterocycles. The summed E-state index contributed by atoms with van der Waals surface area (Å²) in [4.78, 5) is 18.2. The number of aromatic nitrogens is 1. The Morgan fingerprint density at radius 3 is 2.42 bits per heavy atom. The average molecular weight is 427 g/mol. The lowest BCUT2D eigenvalue weighted by atomic mass is 9.90. The molecule has 0 aliphatic carbocycles. The van der Waals surface area contributed by atoms with Gasteiger partial charge < -0.3 is 10.2 Å². The van der Waals surface area contributed by atoms with Crippen LogP contribution in [0.1, 0.15) is 24.1 Å². The molecule has 1 amide bonds. The van der Waals surface area contributed by atoms with Gasteiger partial charge >= 0.3 is 6.18 Å². The largest absolute Gasteiger partial charge is 0.433 e. The third kappa shape index (κ3) is 5.16. The zero-order chi connectivity index (χ0) is 21.8. The molecule has 0 unspecified atom stereocenters. The lowest BCUT2D eigenvalue weighted by Gasteiger charge is -2.32. The monoisotopic (exact) mass is 427 g/mol. The van der Waals surface area contributed by atoms with Gasteiger partial charge in [0.2, 0.25) is 5.91 Å². The highest BCUT2D eigenvalue weighted by Gasteiger charge is 2.33. The number of carbonyl (C=O) groups is 1. The number of halogens is 3. The van der Waals surface area contributed by atoms with E-state index in [1.807, 2.05) is 18.2 Å². The topological polar surface area (TPSA) is 45.2 Å². The summed E-state index contributed by atoms with van der Waals surface area (Å²) in [5.74, 6) is 0.493. The third-order valence-electron chi connectivity index (χ3n) is 5.77. The SMILES string of the molecule is O=C(CNc1nc(C(F)(F)F)cc2ccccc12)N1CCC(Cc2ccccc2)CC1. The lowest BCUT2D eigenvalue weighted by Crippen LogP contribution is -2.41. The van der Waals surface area contributed by atoms with Crippen LogP contribution in [0.15, 0.2) is 60.7 Å². The molecular weight excluding hydrogens is 403 g/mol. The Hall–Kier alpha value is -3.09. The summed E-state index contributed by atoms with van der Waals surface area (Å²) in [6, 6.07) is 18.1. The van der Waals surface area contributed by atoms with Crippen LogP contribution in [0.4, 0.5) is 19.0 Å². The molecule has 0 saturated carbocycles. The number of nitrogens with zero attached hydrogens (tertiary/aromatic N) is 2. The van der Waals surface area contributed by atoms with Gasteiger partial charge in [0, 0.05) is 18.5 Å². The number of hydrogen-bond acceptors (Lipinski definition) is 3. The summed E-state index contributed by atoms with van der Waals surface area (Å²) < 4.78 is 39.6. The number of pyridine rings is 1. The first-order valence-corrected chi connectivity index (χ1v) is 10.4. The predicted octanol–water partition coefficient (Wildman–Crippen LogP) is 5.15. The number of piperidine rings is 1. The molecule has 1 aromatic heterocycles. The molecule has 0 bridgehead atoms. The molecule has 162 valence electrons. The molecule has 0 atom stereocenters. The van der Waals surface area contributed by atoms with Gasteiger partial charge in [-0.2, -0.15) is 13.2 Å². The fourth-order valence-corrected chi connectivity index (χ4v) is 4.08. The van der Waals surface area contributed by atoms with E-state index in [4.69, 9.17) is 0 Å². The van der Waals surface area contributed by atoms with Crippen LogP contribution in [0.25, 0.3) is 10.8 Å². The number of carbonyl (C=O) groups excluding carboxylic acids is 1. The summed E-state index contributed by atoms with van der Waals surface area (Å²) in [6.07, 6.45) is -1.71. The summed E-state index contributed by atoms with van der Waals surface area (Å²) in [7, 11) is 0. The van der Waals surface area contributed by atoms with E-state index < -0.39 is 11.9 Å². The van der Waals surface area contributed by atoms with Crippen molar-refractivity contribution < 1.29 is 18.0 Å². The second-order valence-corrected chi connectivity index (χ2v) is 7.94. The predicted molar refractivity (Wildman–Crippen MR) is 115 cm³/mol. The quantitative estimate of drug-likeness (QED) is 0.613.